The van der Waals surface area contributed by atoms with Crippen LogP contribution >= 0.6 is 11.6 Å². The lowest BCUT2D eigenvalue weighted by molar-refractivity contribution is -0.132. The Labute approximate surface area is 200 Å². The molecule has 0 bridgehead atoms. The summed E-state index contributed by atoms with van der Waals surface area (Å²) in [6.45, 7) is 2.22. The number of halogens is 1. The molecule has 1 saturated heterocycles. The second-order valence-electron chi connectivity index (χ2n) is 8.59. The van der Waals surface area contributed by atoms with E-state index in [-0.39, 0.29) is 24.3 Å². The minimum Gasteiger partial charge on any atom is -0.507 e. The van der Waals surface area contributed by atoms with E-state index in [4.69, 9.17) is 16.3 Å². The zero-order valence-electron chi connectivity index (χ0n) is 19.0. The summed E-state index contributed by atoms with van der Waals surface area (Å²) >= 11 is 6.07. The van der Waals surface area contributed by atoms with Crippen molar-refractivity contribution >= 4 is 46.3 Å². The monoisotopic (exact) mass is 491 g/mol. The first-order valence-corrected chi connectivity index (χ1v) is 11.1. The van der Waals surface area contributed by atoms with Crippen LogP contribution < -0.4 is 16.0 Å². The Morgan fingerprint density at radius 3 is 2.85 bits per heavy atom. The number of phenols is 1. The molecule has 1 aromatic carbocycles. The number of methoxy groups -OCH3 is 1. The van der Waals surface area contributed by atoms with E-state index in [1.165, 1.54) is 6.07 Å². The SMILES string of the molecule is COC(=O)NC(=O)C(NC(=O)C1(C)COC(c2cn(C)c3cc(Cl)cc(O)c23)=N1)C1CCCN1. The summed E-state index contributed by atoms with van der Waals surface area (Å²) in [6, 6.07) is 1.78. The Balaban J connectivity index is 1.60. The van der Waals surface area contributed by atoms with Crippen molar-refractivity contribution in [3.05, 3.63) is 28.9 Å². The zero-order chi connectivity index (χ0) is 24.6. The number of ether oxygens (including phenoxy) is 2. The molecule has 3 atom stereocenters. The second kappa shape index (κ2) is 9.15. The molecule has 1 aromatic heterocycles. The Hall–Kier alpha value is -3.31. The van der Waals surface area contributed by atoms with Crippen molar-refractivity contribution in [1.82, 2.24) is 20.5 Å². The van der Waals surface area contributed by atoms with Gasteiger partial charge in [-0.15, -0.1) is 0 Å². The molecule has 2 aliphatic heterocycles. The number of aryl methyl sites for hydroxylation is 1. The average molecular weight is 492 g/mol. The van der Waals surface area contributed by atoms with Crippen molar-refractivity contribution in [2.24, 2.45) is 12.0 Å². The minimum absolute atomic E-state index is 0.0330. The summed E-state index contributed by atoms with van der Waals surface area (Å²) in [5, 5.41) is 19.4. The number of amides is 3. The van der Waals surface area contributed by atoms with E-state index in [0.29, 0.717) is 34.5 Å². The maximum atomic E-state index is 13.3. The summed E-state index contributed by atoms with van der Waals surface area (Å²) < 4.78 is 12.0. The number of carbonyl (C=O) groups excluding carboxylic acids is 3. The van der Waals surface area contributed by atoms with Gasteiger partial charge in [0.2, 0.25) is 5.90 Å². The lowest BCUT2D eigenvalue weighted by Crippen LogP contribution is -2.60. The zero-order valence-corrected chi connectivity index (χ0v) is 19.7. The fraction of sp³-hybridized carbons (Fsp3) is 0.455. The number of aromatic nitrogens is 1. The fourth-order valence-corrected chi connectivity index (χ4v) is 4.45. The summed E-state index contributed by atoms with van der Waals surface area (Å²) in [5.74, 6) is -1.05. The highest BCUT2D eigenvalue weighted by molar-refractivity contribution is 6.31. The number of hydrogen-bond donors (Lipinski definition) is 4. The van der Waals surface area contributed by atoms with Gasteiger partial charge in [-0.25, -0.2) is 9.79 Å². The average Bonchev–Trinajstić information content (AvgIpc) is 3.52. The lowest BCUT2D eigenvalue weighted by atomic mass is 10.0. The maximum absolute atomic E-state index is 13.3. The highest BCUT2D eigenvalue weighted by Gasteiger charge is 2.43. The number of benzene rings is 1. The Bertz CT molecular complexity index is 1190. The van der Waals surface area contributed by atoms with E-state index < -0.39 is 29.5 Å². The standard InChI is InChI=1S/C22H26ClN5O6/c1-22(20(31)25-17(13-5-4-6-24-13)18(30)26-21(32)33-3)10-34-19(27-22)12-9-28(2)14-7-11(23)8-15(29)16(12)14/h7-9,13,17,24,29H,4-6,10H2,1-3H3,(H,25,31)(H,26,30,32). The van der Waals surface area contributed by atoms with Crippen molar-refractivity contribution in [1.29, 1.82) is 0 Å². The third-order valence-corrected chi connectivity index (χ3v) is 6.29. The number of alkyl carbamates (subject to hydrolysis) is 1. The highest BCUT2D eigenvalue weighted by atomic mass is 35.5. The normalized spacial score (nSPS) is 22.7. The lowest BCUT2D eigenvalue weighted by Gasteiger charge is -2.27. The smallest absolute Gasteiger partial charge is 0.413 e. The number of fused-ring (bicyclic) bond motifs is 1. The number of imide groups is 1. The van der Waals surface area contributed by atoms with E-state index in [1.807, 2.05) is 0 Å². The number of aliphatic imine (C=N–C) groups is 1. The predicted molar refractivity (Wildman–Crippen MR) is 124 cm³/mol. The quantitative estimate of drug-likeness (QED) is 0.492. The molecule has 2 aliphatic rings. The molecule has 0 saturated carbocycles. The van der Waals surface area contributed by atoms with Crippen molar-refractivity contribution in [3.8, 4) is 5.75 Å². The summed E-state index contributed by atoms with van der Waals surface area (Å²) in [5.41, 5.74) is -0.140. The number of carbonyl (C=O) groups is 3. The molecule has 12 heteroatoms. The molecular weight excluding hydrogens is 466 g/mol. The Kier molecular flexibility index (Phi) is 6.41. The van der Waals surface area contributed by atoms with E-state index >= 15 is 0 Å². The number of phenolic OH excluding ortho intramolecular Hbond substituents is 1. The van der Waals surface area contributed by atoms with E-state index in [2.05, 4.69) is 25.7 Å². The van der Waals surface area contributed by atoms with Crippen molar-refractivity contribution in [2.45, 2.75) is 37.4 Å². The van der Waals surface area contributed by atoms with Crippen LogP contribution in [0.1, 0.15) is 25.3 Å². The first-order chi connectivity index (χ1) is 16.1. The summed E-state index contributed by atoms with van der Waals surface area (Å²) in [7, 11) is 2.94. The number of rotatable bonds is 5. The van der Waals surface area contributed by atoms with Gasteiger partial charge < -0.3 is 29.8 Å². The van der Waals surface area contributed by atoms with E-state index in [1.54, 1.807) is 30.8 Å². The van der Waals surface area contributed by atoms with Gasteiger partial charge in [0.25, 0.3) is 11.8 Å². The molecule has 0 spiro atoms. The molecule has 4 N–H and O–H groups in total. The van der Waals surface area contributed by atoms with Crippen LogP contribution in [0.5, 0.6) is 5.75 Å². The number of aromatic hydroxyl groups is 1. The van der Waals surface area contributed by atoms with Crippen LogP contribution in [0.25, 0.3) is 10.9 Å². The summed E-state index contributed by atoms with van der Waals surface area (Å²) in [6.07, 6.45) is 2.31. The fourth-order valence-electron chi connectivity index (χ4n) is 4.25. The molecular formula is C22H26ClN5O6. The first kappa shape index (κ1) is 23.8. The van der Waals surface area contributed by atoms with Gasteiger partial charge in [-0.1, -0.05) is 11.6 Å². The molecule has 0 aliphatic carbocycles. The van der Waals surface area contributed by atoms with Crippen LogP contribution in [0.15, 0.2) is 23.3 Å². The van der Waals surface area contributed by atoms with E-state index in [9.17, 15) is 19.5 Å². The van der Waals surface area contributed by atoms with Gasteiger partial charge in [-0.05, 0) is 38.4 Å². The molecule has 11 nitrogen and oxygen atoms in total. The molecule has 34 heavy (non-hydrogen) atoms. The Morgan fingerprint density at radius 2 is 2.18 bits per heavy atom. The number of nitrogens with one attached hydrogen (secondary N) is 3. The highest BCUT2D eigenvalue weighted by Crippen LogP contribution is 2.35. The van der Waals surface area contributed by atoms with Gasteiger partial charge in [0.15, 0.2) is 5.54 Å². The molecule has 0 radical (unpaired) electrons. The third kappa shape index (κ3) is 4.40. The first-order valence-electron chi connectivity index (χ1n) is 10.8. The van der Waals surface area contributed by atoms with Gasteiger partial charge in [-0.3, -0.25) is 14.9 Å². The van der Waals surface area contributed by atoms with Gasteiger partial charge in [0, 0.05) is 24.3 Å². The maximum Gasteiger partial charge on any atom is 0.413 e. The van der Waals surface area contributed by atoms with Gasteiger partial charge in [-0.2, -0.15) is 0 Å². The van der Waals surface area contributed by atoms with Gasteiger partial charge in [0.05, 0.1) is 23.6 Å². The topological polar surface area (TPSA) is 143 Å². The minimum atomic E-state index is -1.33. The molecule has 3 amide bonds. The summed E-state index contributed by atoms with van der Waals surface area (Å²) in [4.78, 5) is 42.0. The Morgan fingerprint density at radius 1 is 1.41 bits per heavy atom. The number of hydrogen-bond acceptors (Lipinski definition) is 8. The van der Waals surface area contributed by atoms with Gasteiger partial charge in [0.1, 0.15) is 18.4 Å². The van der Waals surface area contributed by atoms with Crippen LogP contribution in [0.2, 0.25) is 5.02 Å². The van der Waals surface area contributed by atoms with Crippen LogP contribution in [0.3, 0.4) is 0 Å². The predicted octanol–water partition coefficient (Wildman–Crippen LogP) is 1.19. The molecule has 1 fully saturated rings. The van der Waals surface area contributed by atoms with E-state index in [0.717, 1.165) is 13.5 Å². The third-order valence-electron chi connectivity index (χ3n) is 6.07. The molecule has 4 rings (SSSR count). The molecule has 2 aromatic rings. The molecule has 3 unspecified atom stereocenters. The van der Waals surface area contributed by atoms with Crippen LogP contribution in [0.4, 0.5) is 4.79 Å². The van der Waals surface area contributed by atoms with Crippen molar-refractivity contribution in [2.75, 3.05) is 20.3 Å². The molecule has 182 valence electrons. The van der Waals surface area contributed by atoms with Crippen molar-refractivity contribution in [3.63, 3.8) is 0 Å². The van der Waals surface area contributed by atoms with Crippen LogP contribution in [-0.2, 0) is 26.1 Å². The molecule has 3 heterocycles. The second-order valence-corrected chi connectivity index (χ2v) is 9.02. The van der Waals surface area contributed by atoms with Gasteiger partial charge >= 0.3 is 6.09 Å². The van der Waals surface area contributed by atoms with Crippen LogP contribution in [-0.4, -0.2) is 71.4 Å². The number of nitrogens with zero attached hydrogens (tertiary/aromatic N) is 2. The van der Waals surface area contributed by atoms with Crippen molar-refractivity contribution < 1.29 is 29.0 Å². The van der Waals surface area contributed by atoms with Crippen LogP contribution in [0, 0.1) is 0 Å². The largest absolute Gasteiger partial charge is 0.507 e.